The molecule has 3 aromatic rings. The van der Waals surface area contributed by atoms with Crippen molar-refractivity contribution in [1.82, 2.24) is 10.1 Å². The fourth-order valence-electron chi connectivity index (χ4n) is 3.89. The Bertz CT molecular complexity index is 1220. The van der Waals surface area contributed by atoms with Crippen molar-refractivity contribution < 1.29 is 27.3 Å². The van der Waals surface area contributed by atoms with Gasteiger partial charge in [-0.05, 0) is 62.6 Å². The average Bonchev–Trinajstić information content (AvgIpc) is 3.33. The van der Waals surface area contributed by atoms with Crippen molar-refractivity contribution in [1.29, 1.82) is 0 Å². The number of aromatic nitrogens is 2. The van der Waals surface area contributed by atoms with Crippen molar-refractivity contribution in [3.05, 3.63) is 47.8 Å². The molecule has 34 heavy (non-hydrogen) atoms. The summed E-state index contributed by atoms with van der Waals surface area (Å²) in [4.78, 5) is 17.7. The summed E-state index contributed by atoms with van der Waals surface area (Å²) >= 11 is -1.49. The summed E-state index contributed by atoms with van der Waals surface area (Å²) in [6.45, 7) is 4.82. The van der Waals surface area contributed by atoms with E-state index in [-0.39, 0.29) is 17.3 Å². The van der Waals surface area contributed by atoms with Crippen LogP contribution >= 0.6 is 0 Å². The normalized spacial score (nSPS) is 16.9. The fourth-order valence-corrected chi connectivity index (χ4v) is 4.19. The van der Waals surface area contributed by atoms with Crippen LogP contribution < -0.4 is 10.4 Å². The zero-order valence-corrected chi connectivity index (χ0v) is 19.6. The van der Waals surface area contributed by atoms with Crippen LogP contribution in [0.2, 0.25) is 0 Å². The molecule has 1 saturated heterocycles. The molecule has 1 aliphatic heterocycles. The molecule has 4 rings (SSSR count). The van der Waals surface area contributed by atoms with E-state index in [1.807, 2.05) is 12.1 Å². The summed E-state index contributed by atoms with van der Waals surface area (Å²) in [5.74, 6) is -1.59. The summed E-state index contributed by atoms with van der Waals surface area (Å²) in [5, 5.41) is 12.9. The van der Waals surface area contributed by atoms with Gasteiger partial charge in [0.1, 0.15) is 5.82 Å². The Labute approximate surface area is 198 Å². The molecule has 2 N–H and O–H groups in total. The zero-order valence-electron chi connectivity index (χ0n) is 18.8. The Morgan fingerprint density at radius 1 is 1.29 bits per heavy atom. The number of nitrogens with one attached hydrogen (secondary N) is 1. The Balaban J connectivity index is 1.65. The van der Waals surface area contributed by atoms with Crippen LogP contribution in [0.1, 0.15) is 43.5 Å². The first kappa shape index (κ1) is 23.8. The minimum Gasteiger partial charge on any atom is -0.478 e. The SMILES string of the molecule is CCS(=O)ONc1cc(-c2nc(-c3ccc(C(=O)O)c(F)c3)no2)ccc1N1CCCCC1C. The average molecular weight is 489 g/mol. The number of anilines is 2. The first-order chi connectivity index (χ1) is 16.4. The lowest BCUT2D eigenvalue weighted by atomic mass is 10.0. The second kappa shape index (κ2) is 10.3. The highest BCUT2D eigenvalue weighted by Crippen LogP contribution is 2.35. The van der Waals surface area contributed by atoms with Gasteiger partial charge in [0.2, 0.25) is 5.82 Å². The highest BCUT2D eigenvalue weighted by molar-refractivity contribution is 7.80. The maximum absolute atomic E-state index is 14.1. The molecule has 2 heterocycles. The molecule has 0 aliphatic carbocycles. The number of hydrogen-bond donors (Lipinski definition) is 2. The molecule has 1 fully saturated rings. The number of hydrogen-bond acceptors (Lipinski definition) is 8. The lowest BCUT2D eigenvalue weighted by Gasteiger charge is -2.36. The first-order valence-corrected chi connectivity index (χ1v) is 12.2. The van der Waals surface area contributed by atoms with Crippen LogP contribution in [0.15, 0.2) is 40.9 Å². The molecule has 0 bridgehead atoms. The second-order valence-corrected chi connectivity index (χ2v) is 9.32. The number of carbonyl (C=O) groups is 1. The van der Waals surface area contributed by atoms with Gasteiger partial charge >= 0.3 is 5.97 Å². The number of piperidine rings is 1. The Kier molecular flexibility index (Phi) is 7.23. The lowest BCUT2D eigenvalue weighted by molar-refractivity contribution is 0.0692. The van der Waals surface area contributed by atoms with Crippen LogP contribution in [-0.2, 0) is 15.4 Å². The molecule has 2 aromatic carbocycles. The first-order valence-electron chi connectivity index (χ1n) is 11.0. The molecule has 0 spiro atoms. The van der Waals surface area contributed by atoms with Gasteiger partial charge in [-0.15, -0.1) is 0 Å². The van der Waals surface area contributed by atoms with E-state index < -0.39 is 28.4 Å². The molecule has 2 unspecified atom stereocenters. The van der Waals surface area contributed by atoms with Gasteiger partial charge in [0.15, 0.2) is 11.1 Å². The third-order valence-corrected chi connectivity index (χ3v) is 6.46. The Hall–Kier alpha value is -3.31. The maximum atomic E-state index is 14.1. The Morgan fingerprint density at radius 3 is 2.79 bits per heavy atom. The van der Waals surface area contributed by atoms with E-state index in [1.54, 1.807) is 13.0 Å². The van der Waals surface area contributed by atoms with Gasteiger partial charge in [-0.25, -0.2) is 18.9 Å². The molecule has 2 atom stereocenters. The van der Waals surface area contributed by atoms with E-state index in [2.05, 4.69) is 27.4 Å². The molecule has 0 radical (unpaired) electrons. The summed E-state index contributed by atoms with van der Waals surface area (Å²) in [5.41, 5.74) is 4.78. The minimum atomic E-state index is -1.49. The van der Waals surface area contributed by atoms with E-state index in [0.717, 1.165) is 37.2 Å². The minimum absolute atomic E-state index is 0.123. The predicted molar refractivity (Wildman–Crippen MR) is 126 cm³/mol. The number of carboxylic acid groups (broad SMARTS) is 1. The highest BCUT2D eigenvalue weighted by atomic mass is 32.2. The van der Waals surface area contributed by atoms with Crippen molar-refractivity contribution in [2.45, 2.75) is 39.2 Å². The zero-order chi connectivity index (χ0) is 24.2. The number of halogens is 1. The van der Waals surface area contributed by atoms with Crippen LogP contribution in [-0.4, -0.2) is 43.8 Å². The molecule has 180 valence electrons. The van der Waals surface area contributed by atoms with Crippen LogP contribution in [0, 0.1) is 5.82 Å². The van der Waals surface area contributed by atoms with Crippen LogP contribution in [0.25, 0.3) is 22.8 Å². The summed E-state index contributed by atoms with van der Waals surface area (Å²) in [7, 11) is 0. The van der Waals surface area contributed by atoms with Gasteiger partial charge in [-0.3, -0.25) is 0 Å². The molecule has 1 aliphatic rings. The molecular formula is C23H25FN4O5S. The predicted octanol–water partition coefficient (Wildman–Crippen LogP) is 4.65. The smallest absolute Gasteiger partial charge is 0.338 e. The molecular weight excluding hydrogens is 463 g/mol. The van der Waals surface area contributed by atoms with E-state index in [4.69, 9.17) is 13.9 Å². The summed E-state index contributed by atoms with van der Waals surface area (Å²) in [6.07, 6.45) is 3.33. The van der Waals surface area contributed by atoms with Crippen molar-refractivity contribution in [3.63, 3.8) is 0 Å². The van der Waals surface area contributed by atoms with Gasteiger partial charge in [0.05, 0.1) is 16.9 Å². The van der Waals surface area contributed by atoms with Gasteiger partial charge in [0.25, 0.3) is 5.89 Å². The molecule has 0 amide bonds. The van der Waals surface area contributed by atoms with Crippen LogP contribution in [0.5, 0.6) is 0 Å². The second-order valence-electron chi connectivity index (χ2n) is 7.97. The van der Waals surface area contributed by atoms with Gasteiger partial charge < -0.3 is 14.5 Å². The third-order valence-electron chi connectivity index (χ3n) is 5.72. The lowest BCUT2D eigenvalue weighted by Crippen LogP contribution is -2.37. The van der Waals surface area contributed by atoms with E-state index in [9.17, 15) is 13.4 Å². The van der Waals surface area contributed by atoms with Crippen molar-refractivity contribution in [3.8, 4) is 22.8 Å². The molecule has 1 aromatic heterocycles. The number of rotatable bonds is 8. The number of benzene rings is 2. The third kappa shape index (κ3) is 5.10. The monoisotopic (exact) mass is 488 g/mol. The van der Waals surface area contributed by atoms with Crippen molar-refractivity contribution in [2.75, 3.05) is 22.7 Å². The number of aromatic carboxylic acids is 1. The number of nitrogens with zero attached hydrogens (tertiary/aromatic N) is 3. The van der Waals surface area contributed by atoms with Gasteiger partial charge in [0, 0.05) is 29.5 Å². The Morgan fingerprint density at radius 2 is 2.09 bits per heavy atom. The topological polar surface area (TPSA) is 118 Å². The highest BCUT2D eigenvalue weighted by Gasteiger charge is 2.23. The standard InChI is InChI=1S/C23H25FN4O5S/c1-3-34(31)33-26-19-13-16(8-10-20(19)28-11-5-4-6-14(28)2)22-25-21(27-32-22)15-7-9-17(23(29)30)18(24)12-15/h7-10,12-14,26H,3-6,11H2,1-2H3,(H,29,30). The van der Waals surface area contributed by atoms with E-state index in [1.165, 1.54) is 12.5 Å². The number of carboxylic acids is 1. The van der Waals surface area contributed by atoms with Crippen LogP contribution in [0.3, 0.4) is 0 Å². The van der Waals surface area contributed by atoms with Gasteiger partial charge in [-0.1, -0.05) is 12.1 Å². The van der Waals surface area contributed by atoms with E-state index in [0.29, 0.717) is 23.0 Å². The van der Waals surface area contributed by atoms with Crippen molar-refractivity contribution >= 4 is 28.4 Å². The quantitative estimate of drug-likeness (QED) is 0.437. The van der Waals surface area contributed by atoms with Crippen molar-refractivity contribution in [2.24, 2.45) is 0 Å². The fraction of sp³-hybridized carbons (Fsp3) is 0.348. The van der Waals surface area contributed by atoms with Crippen LogP contribution in [0.4, 0.5) is 15.8 Å². The van der Waals surface area contributed by atoms with E-state index >= 15 is 0 Å². The largest absolute Gasteiger partial charge is 0.478 e. The summed E-state index contributed by atoms with van der Waals surface area (Å²) in [6, 6.07) is 9.51. The molecule has 11 heteroatoms. The maximum Gasteiger partial charge on any atom is 0.338 e. The van der Waals surface area contributed by atoms with Gasteiger partial charge in [-0.2, -0.15) is 9.27 Å². The summed E-state index contributed by atoms with van der Waals surface area (Å²) < 4.78 is 36.6. The molecule has 0 saturated carbocycles. The molecule has 9 nitrogen and oxygen atoms in total.